The van der Waals surface area contributed by atoms with E-state index in [0.717, 1.165) is 15.8 Å². The zero-order valence-corrected chi connectivity index (χ0v) is 19.1. The Morgan fingerprint density at radius 3 is 2.45 bits per heavy atom. The number of nitrogens with zero attached hydrogens (tertiary/aromatic N) is 2. The number of hydrogen-bond acceptors (Lipinski definition) is 7. The number of nitrogens with one attached hydrogen (secondary N) is 2. The number of carbonyl (C=O) groups excluding carboxylic acids is 1. The quantitative estimate of drug-likeness (QED) is 0.568. The van der Waals surface area contributed by atoms with E-state index >= 15 is 0 Å². The molecular formula is C21H24N4O4S2. The molecular weight excluding hydrogens is 436 g/mol. The minimum atomic E-state index is -3.65. The average Bonchev–Trinajstić information content (AvgIpc) is 3.16. The van der Waals surface area contributed by atoms with Crippen molar-refractivity contribution >= 4 is 42.6 Å². The zero-order chi connectivity index (χ0) is 22.2. The first-order valence-electron chi connectivity index (χ1n) is 9.92. The molecule has 2 aromatic carbocycles. The summed E-state index contributed by atoms with van der Waals surface area (Å²) in [7, 11) is -3.65. The van der Waals surface area contributed by atoms with Crippen molar-refractivity contribution in [2.75, 3.05) is 18.5 Å². The van der Waals surface area contributed by atoms with E-state index in [0.29, 0.717) is 23.8 Å². The molecule has 8 nitrogen and oxygen atoms in total. The minimum Gasteiger partial charge on any atom is -0.373 e. The second-order valence-corrected chi connectivity index (χ2v) is 10.6. The molecule has 0 saturated carbocycles. The highest BCUT2D eigenvalue weighted by Gasteiger charge is 2.32. The van der Waals surface area contributed by atoms with Gasteiger partial charge in [-0.25, -0.2) is 13.4 Å². The zero-order valence-electron chi connectivity index (χ0n) is 17.5. The van der Waals surface area contributed by atoms with E-state index in [9.17, 15) is 13.2 Å². The number of carbonyl (C=O) groups is 1. The van der Waals surface area contributed by atoms with Crippen LogP contribution in [0.4, 0.5) is 5.13 Å². The molecule has 31 heavy (non-hydrogen) atoms. The van der Waals surface area contributed by atoms with Gasteiger partial charge in [0.15, 0.2) is 0 Å². The van der Waals surface area contributed by atoms with E-state index in [-0.39, 0.29) is 23.0 Å². The lowest BCUT2D eigenvalue weighted by atomic mass is 10.2. The lowest BCUT2D eigenvalue weighted by molar-refractivity contribution is -0.0440. The molecule has 1 aromatic heterocycles. The monoisotopic (exact) mass is 460 g/mol. The van der Waals surface area contributed by atoms with Crippen LogP contribution in [0.2, 0.25) is 0 Å². The Labute approximate surface area is 185 Å². The predicted octanol–water partition coefficient (Wildman–Crippen LogP) is 3.16. The van der Waals surface area contributed by atoms with E-state index in [2.05, 4.69) is 15.8 Å². The summed E-state index contributed by atoms with van der Waals surface area (Å²) in [5, 5.41) is 0.576. The maximum Gasteiger partial charge on any atom is 0.269 e. The van der Waals surface area contributed by atoms with E-state index in [1.54, 1.807) is 0 Å². The number of fused-ring (bicyclic) bond motifs is 1. The van der Waals surface area contributed by atoms with Crippen molar-refractivity contribution in [2.45, 2.75) is 37.9 Å². The highest BCUT2D eigenvalue weighted by molar-refractivity contribution is 7.89. The molecule has 2 N–H and O–H groups in total. The van der Waals surface area contributed by atoms with Gasteiger partial charge in [0.1, 0.15) is 0 Å². The number of sulfonamides is 1. The number of hydrogen-bond donors (Lipinski definition) is 2. The second-order valence-electron chi connectivity index (χ2n) is 7.62. The second kappa shape index (κ2) is 8.54. The first kappa shape index (κ1) is 21.7. The Morgan fingerprint density at radius 2 is 1.81 bits per heavy atom. The normalized spacial score (nSPS) is 20.0. The molecule has 1 amide bonds. The number of thiazole rings is 1. The van der Waals surface area contributed by atoms with Gasteiger partial charge in [-0.05, 0) is 56.7 Å². The van der Waals surface area contributed by atoms with Gasteiger partial charge >= 0.3 is 0 Å². The maximum absolute atomic E-state index is 12.9. The Balaban J connectivity index is 1.43. The van der Waals surface area contributed by atoms with Crippen molar-refractivity contribution in [3.8, 4) is 0 Å². The molecule has 1 aliphatic heterocycles. The van der Waals surface area contributed by atoms with Crippen LogP contribution in [0.25, 0.3) is 10.2 Å². The van der Waals surface area contributed by atoms with Crippen molar-refractivity contribution in [3.05, 3.63) is 53.6 Å². The van der Waals surface area contributed by atoms with Crippen molar-refractivity contribution in [2.24, 2.45) is 0 Å². The summed E-state index contributed by atoms with van der Waals surface area (Å²) in [6.07, 6.45) is -0.332. The van der Waals surface area contributed by atoms with Crippen LogP contribution in [0.5, 0.6) is 0 Å². The van der Waals surface area contributed by atoms with E-state index < -0.39 is 10.0 Å². The van der Waals surface area contributed by atoms with Crippen LogP contribution in [0, 0.1) is 6.92 Å². The number of benzene rings is 2. The summed E-state index contributed by atoms with van der Waals surface area (Å²) in [5.74, 6) is -0.381. The number of anilines is 1. The number of ether oxygens (including phenoxy) is 1. The fourth-order valence-corrected chi connectivity index (χ4v) is 6.06. The molecule has 164 valence electrons. The smallest absolute Gasteiger partial charge is 0.269 e. The van der Waals surface area contributed by atoms with Crippen LogP contribution < -0.4 is 10.9 Å². The predicted molar refractivity (Wildman–Crippen MR) is 121 cm³/mol. The first-order valence-corrected chi connectivity index (χ1v) is 12.2. The van der Waals surface area contributed by atoms with Crippen LogP contribution in [-0.4, -0.2) is 48.9 Å². The van der Waals surface area contributed by atoms with Crippen LogP contribution in [0.1, 0.15) is 29.8 Å². The van der Waals surface area contributed by atoms with Gasteiger partial charge in [-0.1, -0.05) is 23.5 Å². The third kappa shape index (κ3) is 4.57. The Morgan fingerprint density at radius 1 is 1.13 bits per heavy atom. The van der Waals surface area contributed by atoms with Gasteiger partial charge in [-0.15, -0.1) is 0 Å². The van der Waals surface area contributed by atoms with Crippen molar-refractivity contribution in [1.29, 1.82) is 0 Å². The highest BCUT2D eigenvalue weighted by atomic mass is 32.2. The number of amides is 1. The lowest BCUT2D eigenvalue weighted by Crippen LogP contribution is -2.48. The molecule has 0 unspecified atom stereocenters. The van der Waals surface area contributed by atoms with E-state index in [1.165, 1.54) is 39.9 Å². The van der Waals surface area contributed by atoms with Crippen LogP contribution in [-0.2, 0) is 14.8 Å². The van der Waals surface area contributed by atoms with Gasteiger partial charge in [0, 0.05) is 18.7 Å². The Hall–Kier alpha value is -2.53. The summed E-state index contributed by atoms with van der Waals surface area (Å²) in [6, 6.07) is 11.8. The SMILES string of the molecule is Cc1cccc2sc(NNC(=O)c3ccc(S(=O)(=O)N4C[C@H](C)O[C@@H](C)C4)cc3)nc12. The highest BCUT2D eigenvalue weighted by Crippen LogP contribution is 2.27. The molecule has 3 aromatic rings. The third-order valence-corrected chi connectivity index (χ3v) is 7.83. The molecule has 1 fully saturated rings. The molecule has 1 aliphatic rings. The van der Waals surface area contributed by atoms with Crippen LogP contribution in [0.15, 0.2) is 47.4 Å². The van der Waals surface area contributed by atoms with E-state index in [1.807, 2.05) is 39.0 Å². The van der Waals surface area contributed by atoms with Gasteiger partial charge in [-0.3, -0.25) is 15.6 Å². The number of hydrazine groups is 1. The lowest BCUT2D eigenvalue weighted by Gasteiger charge is -2.34. The third-order valence-electron chi connectivity index (χ3n) is 5.04. The molecule has 0 aliphatic carbocycles. The molecule has 0 radical (unpaired) electrons. The van der Waals surface area contributed by atoms with Crippen LogP contribution >= 0.6 is 11.3 Å². The summed E-state index contributed by atoms with van der Waals surface area (Å²) in [5.41, 5.74) is 7.74. The molecule has 10 heteroatoms. The number of aryl methyl sites for hydroxylation is 1. The first-order chi connectivity index (χ1) is 14.7. The number of aromatic nitrogens is 1. The Bertz CT molecular complexity index is 1200. The summed E-state index contributed by atoms with van der Waals surface area (Å²) >= 11 is 1.44. The molecule has 2 heterocycles. The van der Waals surface area contributed by atoms with Gasteiger partial charge in [0.25, 0.3) is 5.91 Å². The van der Waals surface area contributed by atoms with Crippen molar-refractivity contribution in [3.63, 3.8) is 0 Å². The fourth-order valence-electron chi connectivity index (χ4n) is 3.58. The average molecular weight is 461 g/mol. The van der Waals surface area contributed by atoms with E-state index in [4.69, 9.17) is 4.74 Å². The fraction of sp³-hybridized carbons (Fsp3) is 0.333. The van der Waals surface area contributed by atoms with Crippen LogP contribution in [0.3, 0.4) is 0 Å². The molecule has 0 bridgehead atoms. The maximum atomic E-state index is 12.9. The molecule has 0 spiro atoms. The number of rotatable bonds is 5. The minimum absolute atomic E-state index is 0.153. The topological polar surface area (TPSA) is 101 Å². The number of para-hydroxylation sites is 1. The van der Waals surface area contributed by atoms with Gasteiger partial charge in [-0.2, -0.15) is 4.31 Å². The standard InChI is InChI=1S/C21H24N4O4S2/c1-13-5-4-6-18-19(13)22-21(30-18)24-23-20(26)16-7-9-17(10-8-16)31(27,28)25-11-14(2)29-15(3)12-25/h4-10,14-15H,11-12H2,1-3H3,(H,22,24)(H,23,26)/t14-,15-/m0/s1. The van der Waals surface area contributed by atoms with Crippen molar-refractivity contribution in [1.82, 2.24) is 14.7 Å². The molecule has 4 rings (SSSR count). The number of morpholine rings is 1. The Kier molecular flexibility index (Phi) is 5.98. The van der Waals surface area contributed by atoms with Crippen molar-refractivity contribution < 1.29 is 17.9 Å². The molecule has 1 saturated heterocycles. The largest absolute Gasteiger partial charge is 0.373 e. The summed E-state index contributed by atoms with van der Waals surface area (Å²) in [4.78, 5) is 17.1. The summed E-state index contributed by atoms with van der Waals surface area (Å²) < 4.78 is 33.9. The van der Waals surface area contributed by atoms with Gasteiger partial charge in [0.05, 0.1) is 27.3 Å². The van der Waals surface area contributed by atoms with Gasteiger partial charge in [0.2, 0.25) is 15.2 Å². The van der Waals surface area contributed by atoms with Gasteiger partial charge < -0.3 is 4.74 Å². The summed E-state index contributed by atoms with van der Waals surface area (Å²) in [6.45, 7) is 6.30. The molecule has 2 atom stereocenters.